The van der Waals surface area contributed by atoms with Gasteiger partial charge in [0, 0.05) is 12.8 Å². The number of hydrogen-bond acceptors (Lipinski definition) is 5. The molecule has 0 heterocycles. The third-order valence-electron chi connectivity index (χ3n) is 17.7. The lowest BCUT2D eigenvalue weighted by Gasteiger charge is -2.22. The number of unbranched alkanes of at least 4 members (excludes halogenated alkanes) is 59. The zero-order chi connectivity index (χ0) is 57.1. The van der Waals surface area contributed by atoms with Crippen LogP contribution in [0.4, 0.5) is 0 Å². The maximum atomic E-state index is 12.5. The normalized spacial score (nSPS) is 12.4. The van der Waals surface area contributed by atoms with E-state index in [1.807, 2.05) is 0 Å². The molecule has 2 atom stereocenters. The van der Waals surface area contributed by atoms with E-state index >= 15 is 0 Å². The molecule has 472 valence electrons. The summed E-state index contributed by atoms with van der Waals surface area (Å²) in [5, 5.41) is 23.2. The number of nitrogens with one attached hydrogen (secondary N) is 1. The van der Waals surface area contributed by atoms with Gasteiger partial charge in [0.15, 0.2) is 0 Å². The van der Waals surface area contributed by atoms with Crippen molar-refractivity contribution >= 4 is 11.9 Å². The second kappa shape index (κ2) is 69.4. The van der Waals surface area contributed by atoms with E-state index in [-0.39, 0.29) is 18.5 Å². The van der Waals surface area contributed by atoms with Gasteiger partial charge in [0.25, 0.3) is 0 Å². The lowest BCUT2D eigenvalue weighted by Crippen LogP contribution is -2.45. The molecule has 0 radical (unpaired) electrons. The minimum Gasteiger partial charge on any atom is -0.466 e. The van der Waals surface area contributed by atoms with E-state index in [1.54, 1.807) is 0 Å². The number of hydrogen-bond donors (Lipinski definition) is 3. The number of carbonyl (C=O) groups excluding carboxylic acids is 2. The van der Waals surface area contributed by atoms with Gasteiger partial charge in [-0.2, -0.15) is 0 Å². The number of carbonyl (C=O) groups is 2. The Kier molecular flexibility index (Phi) is 68.4. The lowest BCUT2D eigenvalue weighted by atomic mass is 10.0. The van der Waals surface area contributed by atoms with Crippen molar-refractivity contribution in [2.45, 2.75) is 443 Å². The number of ether oxygens (including phenoxy) is 1. The average molecular weight is 1120 g/mol. The van der Waals surface area contributed by atoms with Crippen LogP contribution in [0.1, 0.15) is 431 Å². The average Bonchev–Trinajstić information content (AvgIpc) is 3.45. The van der Waals surface area contributed by atoms with Crippen molar-refractivity contribution in [3.63, 3.8) is 0 Å². The Morgan fingerprint density at radius 2 is 0.519 bits per heavy atom. The Morgan fingerprint density at radius 1 is 0.304 bits per heavy atom. The van der Waals surface area contributed by atoms with Crippen LogP contribution in [0.2, 0.25) is 0 Å². The van der Waals surface area contributed by atoms with Crippen LogP contribution in [0.5, 0.6) is 0 Å². The van der Waals surface area contributed by atoms with Gasteiger partial charge in [-0.3, -0.25) is 9.59 Å². The van der Waals surface area contributed by atoms with Crippen LogP contribution in [0, 0.1) is 0 Å². The van der Waals surface area contributed by atoms with Crippen LogP contribution in [0.25, 0.3) is 0 Å². The first-order valence-electron chi connectivity index (χ1n) is 36.8. The Labute approximate surface area is 496 Å². The molecule has 0 rings (SSSR count). The zero-order valence-electron chi connectivity index (χ0n) is 54.2. The summed E-state index contributed by atoms with van der Waals surface area (Å²) in [5.41, 5.74) is 0. The van der Waals surface area contributed by atoms with Gasteiger partial charge in [0.05, 0.1) is 25.4 Å². The van der Waals surface area contributed by atoms with Crippen LogP contribution >= 0.6 is 0 Å². The SMILES string of the molecule is CCCCCCCCCCCCCCCCCCCC(=O)OCCCCCCCCCCCCCCCCCCCCCCCCCCCCCCCCCCCCCC(=O)NC(CO)C(O)CCCCCCCCCCCC. The van der Waals surface area contributed by atoms with Crippen LogP contribution in [0.3, 0.4) is 0 Å². The van der Waals surface area contributed by atoms with E-state index in [1.165, 1.54) is 360 Å². The molecule has 3 N–H and O–H groups in total. The monoisotopic (exact) mass is 1120 g/mol. The molecule has 0 aromatic heterocycles. The maximum absolute atomic E-state index is 12.5. The van der Waals surface area contributed by atoms with E-state index < -0.39 is 12.1 Å². The van der Waals surface area contributed by atoms with Gasteiger partial charge < -0.3 is 20.3 Å². The van der Waals surface area contributed by atoms with Gasteiger partial charge in [0.2, 0.25) is 5.91 Å². The summed E-state index contributed by atoms with van der Waals surface area (Å²) in [6, 6.07) is -0.534. The molecule has 0 bridgehead atoms. The number of amides is 1. The Balaban J connectivity index is 3.26. The molecular weight excluding hydrogens is 971 g/mol. The quantitative estimate of drug-likeness (QED) is 0.0417. The highest BCUT2D eigenvalue weighted by Gasteiger charge is 2.20. The van der Waals surface area contributed by atoms with Crippen LogP contribution < -0.4 is 5.32 Å². The van der Waals surface area contributed by atoms with Crippen molar-refractivity contribution in [1.82, 2.24) is 5.32 Å². The van der Waals surface area contributed by atoms with E-state index in [2.05, 4.69) is 19.2 Å². The third kappa shape index (κ3) is 65.9. The maximum Gasteiger partial charge on any atom is 0.305 e. The first-order chi connectivity index (χ1) is 39.0. The van der Waals surface area contributed by atoms with E-state index in [0.717, 1.165) is 38.5 Å². The summed E-state index contributed by atoms with van der Waals surface area (Å²) < 4.78 is 5.51. The molecule has 0 aliphatic rings. The number of aliphatic hydroxyl groups excluding tert-OH is 2. The molecule has 6 heteroatoms. The Morgan fingerprint density at radius 3 is 0.772 bits per heavy atom. The summed E-state index contributed by atoms with van der Waals surface area (Å²) in [6.45, 7) is 4.99. The first-order valence-corrected chi connectivity index (χ1v) is 36.8. The van der Waals surface area contributed by atoms with Gasteiger partial charge in [-0.15, -0.1) is 0 Å². The highest BCUT2D eigenvalue weighted by molar-refractivity contribution is 5.76. The lowest BCUT2D eigenvalue weighted by molar-refractivity contribution is -0.143. The predicted octanol–water partition coefficient (Wildman–Crippen LogP) is 23.8. The number of rotatable bonds is 70. The topological polar surface area (TPSA) is 95.9 Å². The van der Waals surface area contributed by atoms with Gasteiger partial charge >= 0.3 is 5.97 Å². The minimum absolute atomic E-state index is 0.0277. The molecule has 0 saturated heterocycles. The largest absolute Gasteiger partial charge is 0.466 e. The summed E-state index contributed by atoms with van der Waals surface area (Å²) in [7, 11) is 0. The molecule has 0 spiro atoms. The van der Waals surface area contributed by atoms with Crippen LogP contribution in [0.15, 0.2) is 0 Å². The molecule has 0 aromatic rings. The zero-order valence-corrected chi connectivity index (χ0v) is 54.2. The molecular formula is C73H145NO5. The van der Waals surface area contributed by atoms with Gasteiger partial charge in [-0.25, -0.2) is 0 Å². The summed E-state index contributed by atoms with van der Waals surface area (Å²) in [5.74, 6) is -0.000900. The Bertz CT molecular complexity index is 1150. The highest BCUT2D eigenvalue weighted by atomic mass is 16.5. The second-order valence-electron chi connectivity index (χ2n) is 25.6. The predicted molar refractivity (Wildman–Crippen MR) is 347 cm³/mol. The van der Waals surface area contributed by atoms with E-state index in [0.29, 0.717) is 25.9 Å². The standard InChI is InChI=1S/C73H145NO5/c1-3-5-7-9-11-13-15-16-17-37-41-44-47-51-55-59-63-67-73(78)79-68-64-60-56-52-48-45-42-39-36-34-32-30-28-26-24-22-20-18-19-21-23-25-27-29-31-33-35-38-40-43-46-50-54-58-62-66-72(77)74-70(69-75)71(76)65-61-57-53-49-14-12-10-8-6-4-2/h70-71,75-76H,3-69H2,1-2H3,(H,74,77). The summed E-state index contributed by atoms with van der Waals surface area (Å²) in [4.78, 5) is 24.6. The highest BCUT2D eigenvalue weighted by Crippen LogP contribution is 2.20. The third-order valence-corrected chi connectivity index (χ3v) is 17.7. The van der Waals surface area contributed by atoms with Gasteiger partial charge in [-0.1, -0.05) is 393 Å². The number of aliphatic hydroxyl groups is 2. The molecule has 6 nitrogen and oxygen atoms in total. The molecule has 0 aromatic carbocycles. The van der Waals surface area contributed by atoms with E-state index in [9.17, 15) is 19.8 Å². The fourth-order valence-electron chi connectivity index (χ4n) is 12.1. The van der Waals surface area contributed by atoms with Crippen molar-refractivity contribution in [3.8, 4) is 0 Å². The minimum atomic E-state index is -0.657. The molecule has 1 amide bonds. The molecule has 79 heavy (non-hydrogen) atoms. The fraction of sp³-hybridized carbons (Fsp3) is 0.973. The molecule has 2 unspecified atom stereocenters. The second-order valence-corrected chi connectivity index (χ2v) is 25.6. The van der Waals surface area contributed by atoms with Gasteiger partial charge in [-0.05, 0) is 25.7 Å². The van der Waals surface area contributed by atoms with Crippen LogP contribution in [-0.2, 0) is 14.3 Å². The Hall–Kier alpha value is -1.14. The van der Waals surface area contributed by atoms with Crippen molar-refractivity contribution in [2.24, 2.45) is 0 Å². The van der Waals surface area contributed by atoms with Gasteiger partial charge in [0.1, 0.15) is 0 Å². The molecule has 0 aliphatic heterocycles. The van der Waals surface area contributed by atoms with Crippen molar-refractivity contribution in [3.05, 3.63) is 0 Å². The van der Waals surface area contributed by atoms with E-state index in [4.69, 9.17) is 4.74 Å². The summed E-state index contributed by atoms with van der Waals surface area (Å²) in [6.07, 6.45) is 84.8. The number of esters is 1. The van der Waals surface area contributed by atoms with Crippen molar-refractivity contribution in [2.75, 3.05) is 13.2 Å². The summed E-state index contributed by atoms with van der Waals surface area (Å²) >= 11 is 0. The molecule has 0 fully saturated rings. The van der Waals surface area contributed by atoms with Crippen LogP contribution in [-0.4, -0.2) is 47.4 Å². The molecule has 0 saturated carbocycles. The van der Waals surface area contributed by atoms with Crippen molar-refractivity contribution in [1.29, 1.82) is 0 Å². The first kappa shape index (κ1) is 77.9. The fourth-order valence-corrected chi connectivity index (χ4v) is 12.1. The smallest absolute Gasteiger partial charge is 0.305 e. The van der Waals surface area contributed by atoms with Crippen molar-refractivity contribution < 1.29 is 24.5 Å². The molecule has 0 aliphatic carbocycles.